The first kappa shape index (κ1) is 11.6. The molecule has 1 unspecified atom stereocenters. The van der Waals surface area contributed by atoms with Crippen LogP contribution < -0.4 is 0 Å². The quantitative estimate of drug-likeness (QED) is 0.753. The van der Waals surface area contributed by atoms with Gasteiger partial charge in [0.15, 0.2) is 0 Å². The molecule has 0 amide bonds. The van der Waals surface area contributed by atoms with Crippen LogP contribution in [0.15, 0.2) is 24.3 Å². The molecule has 2 nitrogen and oxygen atoms in total. The first-order chi connectivity index (χ1) is 7.83. The number of hydrogen-bond acceptors (Lipinski definition) is 2. The third-order valence-electron chi connectivity index (χ3n) is 3.14. The molecule has 1 aliphatic heterocycles. The summed E-state index contributed by atoms with van der Waals surface area (Å²) in [4.78, 5) is 13.5. The second-order valence-electron chi connectivity index (χ2n) is 4.20. The van der Waals surface area contributed by atoms with E-state index >= 15 is 0 Å². The normalized spacial score (nSPS) is 19.3. The van der Waals surface area contributed by atoms with Gasteiger partial charge in [0.05, 0.1) is 6.04 Å². The summed E-state index contributed by atoms with van der Waals surface area (Å²) in [5.41, 5.74) is 0.932. The molecule has 1 aromatic carbocycles. The minimum atomic E-state index is -0.172. The highest BCUT2D eigenvalue weighted by Gasteiger charge is 2.22. The van der Waals surface area contributed by atoms with Gasteiger partial charge in [-0.25, -0.2) is 0 Å². The second kappa shape index (κ2) is 5.46. The molecular formula is C13H16ClNO. The van der Waals surface area contributed by atoms with E-state index in [1.54, 1.807) is 0 Å². The molecule has 16 heavy (non-hydrogen) atoms. The fraction of sp³-hybridized carbons (Fsp3) is 0.462. The first-order valence-electron chi connectivity index (χ1n) is 5.76. The Morgan fingerprint density at radius 2 is 1.88 bits per heavy atom. The number of rotatable bonds is 3. The Balaban J connectivity index is 2.21. The Bertz CT molecular complexity index is 361. The van der Waals surface area contributed by atoms with E-state index in [4.69, 9.17) is 11.6 Å². The lowest BCUT2D eigenvalue weighted by molar-refractivity contribution is -0.113. The monoisotopic (exact) mass is 237 g/mol. The number of hydrogen-bond donors (Lipinski definition) is 0. The molecule has 1 fully saturated rings. The van der Waals surface area contributed by atoms with Crippen LogP contribution in [0.2, 0.25) is 5.02 Å². The highest BCUT2D eigenvalue weighted by molar-refractivity contribution is 6.31. The summed E-state index contributed by atoms with van der Waals surface area (Å²) in [6.45, 7) is 1.99. The van der Waals surface area contributed by atoms with Crippen LogP contribution in [0.25, 0.3) is 0 Å². The van der Waals surface area contributed by atoms with Crippen LogP contribution in [-0.4, -0.2) is 24.3 Å². The maximum Gasteiger partial charge on any atom is 0.141 e. The largest absolute Gasteiger partial charge is 0.301 e. The number of carbonyl (C=O) groups excluding carboxylic acids is 1. The Hall–Kier alpha value is -0.860. The standard InChI is InChI=1S/C13H16ClNO/c14-12-7-3-2-6-11(12)13(10-16)15-8-4-1-5-9-15/h2-3,6-7,10,13H,1,4-5,8-9H2. The van der Waals surface area contributed by atoms with Crippen molar-refractivity contribution >= 4 is 17.9 Å². The molecule has 1 saturated heterocycles. The molecule has 3 heteroatoms. The predicted octanol–water partition coefficient (Wildman–Crippen LogP) is 3.07. The number of halogens is 1. The smallest absolute Gasteiger partial charge is 0.141 e. The Labute approximate surface area is 101 Å². The zero-order valence-corrected chi connectivity index (χ0v) is 9.99. The SMILES string of the molecule is O=CC(c1ccccc1Cl)N1CCCCC1. The minimum Gasteiger partial charge on any atom is -0.301 e. The summed E-state index contributed by atoms with van der Waals surface area (Å²) in [6.07, 6.45) is 4.63. The number of benzene rings is 1. The van der Waals surface area contributed by atoms with Crippen LogP contribution in [0.1, 0.15) is 30.9 Å². The van der Waals surface area contributed by atoms with E-state index in [1.807, 2.05) is 24.3 Å². The summed E-state index contributed by atoms with van der Waals surface area (Å²) in [5, 5.41) is 0.685. The molecule has 0 N–H and O–H groups in total. The van der Waals surface area contributed by atoms with Gasteiger partial charge in [-0.05, 0) is 37.6 Å². The van der Waals surface area contributed by atoms with Crippen molar-refractivity contribution in [3.05, 3.63) is 34.9 Å². The summed E-state index contributed by atoms with van der Waals surface area (Å²) in [6, 6.07) is 7.44. The average molecular weight is 238 g/mol. The maximum atomic E-state index is 11.3. The van der Waals surface area contributed by atoms with Gasteiger partial charge in [0.2, 0.25) is 0 Å². The molecule has 0 aliphatic carbocycles. The van der Waals surface area contributed by atoms with Crippen molar-refractivity contribution < 1.29 is 4.79 Å². The van der Waals surface area contributed by atoms with E-state index in [9.17, 15) is 4.79 Å². The molecule has 0 spiro atoms. The van der Waals surface area contributed by atoms with Gasteiger partial charge in [-0.2, -0.15) is 0 Å². The molecule has 0 bridgehead atoms. The molecular weight excluding hydrogens is 222 g/mol. The number of likely N-dealkylation sites (tertiary alicyclic amines) is 1. The molecule has 1 heterocycles. The van der Waals surface area contributed by atoms with Crippen LogP contribution in [0.5, 0.6) is 0 Å². The van der Waals surface area contributed by atoms with Crippen molar-refractivity contribution in [3.63, 3.8) is 0 Å². The highest BCUT2D eigenvalue weighted by Crippen LogP contribution is 2.28. The van der Waals surface area contributed by atoms with Crippen LogP contribution in [0, 0.1) is 0 Å². The van der Waals surface area contributed by atoms with Gasteiger partial charge in [0.25, 0.3) is 0 Å². The van der Waals surface area contributed by atoms with Crippen molar-refractivity contribution in [3.8, 4) is 0 Å². The average Bonchev–Trinajstić information content (AvgIpc) is 2.34. The third kappa shape index (κ3) is 2.45. The zero-order chi connectivity index (χ0) is 11.4. The summed E-state index contributed by atoms with van der Waals surface area (Å²) in [5.74, 6) is 0. The van der Waals surface area contributed by atoms with Gasteiger partial charge in [-0.3, -0.25) is 4.90 Å². The van der Waals surface area contributed by atoms with Gasteiger partial charge in [0.1, 0.15) is 6.29 Å². The molecule has 0 saturated carbocycles. The lowest BCUT2D eigenvalue weighted by Gasteiger charge is -2.31. The molecule has 1 atom stereocenters. The minimum absolute atomic E-state index is 0.172. The zero-order valence-electron chi connectivity index (χ0n) is 9.23. The summed E-state index contributed by atoms with van der Waals surface area (Å²) in [7, 11) is 0. The van der Waals surface area contributed by atoms with E-state index in [0.29, 0.717) is 5.02 Å². The van der Waals surface area contributed by atoms with Gasteiger partial charge in [0, 0.05) is 5.02 Å². The third-order valence-corrected chi connectivity index (χ3v) is 3.48. The van der Waals surface area contributed by atoms with E-state index in [0.717, 1.165) is 24.9 Å². The van der Waals surface area contributed by atoms with Gasteiger partial charge < -0.3 is 4.79 Å². The van der Waals surface area contributed by atoms with Crippen molar-refractivity contribution in [1.82, 2.24) is 4.90 Å². The number of aldehydes is 1. The van der Waals surface area contributed by atoms with Crippen LogP contribution in [-0.2, 0) is 4.79 Å². The Morgan fingerprint density at radius 1 is 1.19 bits per heavy atom. The van der Waals surface area contributed by atoms with Gasteiger partial charge in [-0.15, -0.1) is 0 Å². The summed E-state index contributed by atoms with van der Waals surface area (Å²) >= 11 is 6.13. The van der Waals surface area contributed by atoms with Gasteiger partial charge >= 0.3 is 0 Å². The lowest BCUT2D eigenvalue weighted by atomic mass is 10.0. The van der Waals surface area contributed by atoms with Crippen molar-refractivity contribution in [1.29, 1.82) is 0 Å². The van der Waals surface area contributed by atoms with Gasteiger partial charge in [-0.1, -0.05) is 36.2 Å². The molecule has 0 aromatic heterocycles. The fourth-order valence-corrected chi connectivity index (χ4v) is 2.52. The Morgan fingerprint density at radius 3 is 2.50 bits per heavy atom. The van der Waals surface area contributed by atoms with Crippen molar-refractivity contribution in [2.45, 2.75) is 25.3 Å². The summed E-state index contributed by atoms with van der Waals surface area (Å²) < 4.78 is 0. The number of nitrogens with zero attached hydrogens (tertiary/aromatic N) is 1. The molecule has 1 aromatic rings. The molecule has 0 radical (unpaired) electrons. The fourth-order valence-electron chi connectivity index (χ4n) is 2.27. The van der Waals surface area contributed by atoms with Crippen LogP contribution >= 0.6 is 11.6 Å². The molecule has 86 valence electrons. The van der Waals surface area contributed by atoms with E-state index in [2.05, 4.69) is 4.90 Å². The van der Waals surface area contributed by atoms with Crippen molar-refractivity contribution in [2.24, 2.45) is 0 Å². The molecule has 2 rings (SSSR count). The first-order valence-corrected chi connectivity index (χ1v) is 6.14. The van der Waals surface area contributed by atoms with E-state index in [1.165, 1.54) is 19.3 Å². The topological polar surface area (TPSA) is 20.3 Å². The Kier molecular flexibility index (Phi) is 3.97. The number of piperidine rings is 1. The predicted molar refractivity (Wildman–Crippen MR) is 65.7 cm³/mol. The lowest BCUT2D eigenvalue weighted by Crippen LogP contribution is -2.34. The van der Waals surface area contributed by atoms with Crippen molar-refractivity contribution in [2.75, 3.05) is 13.1 Å². The second-order valence-corrected chi connectivity index (χ2v) is 4.61. The maximum absolute atomic E-state index is 11.3. The van der Waals surface area contributed by atoms with E-state index < -0.39 is 0 Å². The highest BCUT2D eigenvalue weighted by atomic mass is 35.5. The molecule has 1 aliphatic rings. The van der Waals surface area contributed by atoms with E-state index in [-0.39, 0.29) is 6.04 Å². The van der Waals surface area contributed by atoms with Crippen LogP contribution in [0.4, 0.5) is 0 Å². The number of carbonyl (C=O) groups is 1. The van der Waals surface area contributed by atoms with Crippen LogP contribution in [0.3, 0.4) is 0 Å².